The lowest BCUT2D eigenvalue weighted by molar-refractivity contribution is 0.181. The summed E-state index contributed by atoms with van der Waals surface area (Å²) < 4.78 is 11.9. The second kappa shape index (κ2) is 8.05. The van der Waals surface area contributed by atoms with Crippen LogP contribution in [-0.2, 0) is 19.4 Å². The Labute approximate surface area is 165 Å². The van der Waals surface area contributed by atoms with Gasteiger partial charge in [0.2, 0.25) is 0 Å². The minimum Gasteiger partial charge on any atom is -0.489 e. The zero-order valence-electron chi connectivity index (χ0n) is 15.8. The fraction of sp³-hybridized carbons (Fsp3) is 0.250. The van der Waals surface area contributed by atoms with Crippen molar-refractivity contribution in [1.82, 2.24) is 0 Å². The highest BCUT2D eigenvalue weighted by atomic mass is 16.5. The van der Waals surface area contributed by atoms with Gasteiger partial charge in [-0.2, -0.15) is 0 Å². The van der Waals surface area contributed by atoms with Crippen LogP contribution in [0.4, 0.5) is 0 Å². The van der Waals surface area contributed by atoms with Crippen molar-refractivity contribution in [3.63, 3.8) is 0 Å². The molecule has 3 aromatic rings. The molecule has 0 amide bonds. The largest absolute Gasteiger partial charge is 0.489 e. The summed E-state index contributed by atoms with van der Waals surface area (Å²) >= 11 is 0. The second-order valence-corrected chi connectivity index (χ2v) is 7.48. The Bertz CT molecular complexity index is 942. The van der Waals surface area contributed by atoms with Crippen LogP contribution in [0.2, 0.25) is 0 Å². The van der Waals surface area contributed by atoms with Crippen molar-refractivity contribution in [3.8, 4) is 17.2 Å². The third kappa shape index (κ3) is 4.35. The molecule has 3 N–H and O–H groups in total. The lowest BCUT2D eigenvalue weighted by Gasteiger charge is -2.33. The monoisotopic (exact) mass is 375 g/mol. The third-order valence-corrected chi connectivity index (χ3v) is 5.22. The molecule has 1 aliphatic carbocycles. The highest BCUT2D eigenvalue weighted by Gasteiger charge is 2.29. The number of aryl methyl sites for hydroxylation is 1. The van der Waals surface area contributed by atoms with Crippen molar-refractivity contribution in [3.05, 3.63) is 89.5 Å². The third-order valence-electron chi connectivity index (χ3n) is 5.22. The summed E-state index contributed by atoms with van der Waals surface area (Å²) in [6.07, 6.45) is 2.33. The average Bonchev–Trinajstić information content (AvgIpc) is 2.73. The normalized spacial score (nSPS) is 18.4. The zero-order chi connectivity index (χ0) is 19.4. The van der Waals surface area contributed by atoms with Gasteiger partial charge in [0.25, 0.3) is 0 Å². The molecule has 144 valence electrons. The standard InChI is InChI=1S/C24H25NO3/c25-24(17-26)12-11-19-13-23(10-9-20(19)15-24)28-22-8-4-7-21(14-22)27-16-18-5-2-1-3-6-18/h1-10,13-14,26H,11-12,15-17,25H2. The molecule has 0 aliphatic heterocycles. The van der Waals surface area contributed by atoms with Gasteiger partial charge in [-0.3, -0.25) is 0 Å². The molecule has 0 bridgehead atoms. The number of ether oxygens (including phenoxy) is 2. The zero-order valence-corrected chi connectivity index (χ0v) is 15.8. The Hall–Kier alpha value is -2.82. The predicted octanol–water partition coefficient (Wildman–Crippen LogP) is 4.24. The molecule has 1 unspecified atom stereocenters. The van der Waals surface area contributed by atoms with Gasteiger partial charge in [0.05, 0.1) is 6.61 Å². The smallest absolute Gasteiger partial charge is 0.131 e. The van der Waals surface area contributed by atoms with Gasteiger partial charge in [0.15, 0.2) is 0 Å². The molecule has 28 heavy (non-hydrogen) atoms. The number of benzene rings is 3. The number of fused-ring (bicyclic) bond motifs is 1. The van der Waals surface area contributed by atoms with Crippen LogP contribution in [0, 0.1) is 0 Å². The first-order valence-corrected chi connectivity index (χ1v) is 9.60. The molecule has 4 rings (SSSR count). The Morgan fingerprint density at radius 3 is 2.46 bits per heavy atom. The molecule has 0 spiro atoms. The van der Waals surface area contributed by atoms with E-state index in [1.165, 1.54) is 11.1 Å². The maximum Gasteiger partial charge on any atom is 0.131 e. The molecule has 0 saturated carbocycles. The maximum absolute atomic E-state index is 9.51. The Balaban J connectivity index is 1.43. The molecular formula is C24H25NO3. The van der Waals surface area contributed by atoms with Crippen LogP contribution in [-0.4, -0.2) is 17.3 Å². The van der Waals surface area contributed by atoms with Crippen molar-refractivity contribution in [2.24, 2.45) is 5.73 Å². The van der Waals surface area contributed by atoms with Crippen LogP contribution in [0.1, 0.15) is 23.1 Å². The van der Waals surface area contributed by atoms with E-state index in [4.69, 9.17) is 15.2 Å². The fourth-order valence-electron chi connectivity index (χ4n) is 3.56. The Kier molecular flexibility index (Phi) is 5.33. The summed E-state index contributed by atoms with van der Waals surface area (Å²) in [4.78, 5) is 0. The number of hydrogen-bond acceptors (Lipinski definition) is 4. The van der Waals surface area contributed by atoms with Gasteiger partial charge in [-0.15, -0.1) is 0 Å². The van der Waals surface area contributed by atoms with E-state index in [0.29, 0.717) is 13.0 Å². The van der Waals surface area contributed by atoms with Gasteiger partial charge in [-0.05, 0) is 60.2 Å². The molecule has 1 aliphatic rings. The molecule has 1 atom stereocenters. The Morgan fingerprint density at radius 2 is 1.64 bits per heavy atom. The first-order chi connectivity index (χ1) is 13.6. The van der Waals surface area contributed by atoms with Crippen LogP contribution in [0.15, 0.2) is 72.8 Å². The summed E-state index contributed by atoms with van der Waals surface area (Å²) in [7, 11) is 0. The van der Waals surface area contributed by atoms with E-state index >= 15 is 0 Å². The van der Waals surface area contributed by atoms with Crippen molar-refractivity contribution in [2.75, 3.05) is 6.61 Å². The first kappa shape index (κ1) is 18.5. The van der Waals surface area contributed by atoms with Crippen molar-refractivity contribution in [2.45, 2.75) is 31.4 Å². The average molecular weight is 375 g/mol. The van der Waals surface area contributed by atoms with Crippen molar-refractivity contribution < 1.29 is 14.6 Å². The number of hydrogen-bond donors (Lipinski definition) is 2. The van der Waals surface area contributed by atoms with Gasteiger partial charge in [-0.1, -0.05) is 42.5 Å². The van der Waals surface area contributed by atoms with E-state index < -0.39 is 5.54 Å². The van der Waals surface area contributed by atoms with E-state index in [2.05, 4.69) is 12.1 Å². The van der Waals surface area contributed by atoms with Crippen LogP contribution >= 0.6 is 0 Å². The van der Waals surface area contributed by atoms with Crippen LogP contribution in [0.3, 0.4) is 0 Å². The quantitative estimate of drug-likeness (QED) is 0.676. The van der Waals surface area contributed by atoms with Gasteiger partial charge in [0.1, 0.15) is 23.9 Å². The molecule has 0 saturated heterocycles. The summed E-state index contributed by atoms with van der Waals surface area (Å²) in [6, 6.07) is 23.8. The van der Waals surface area contributed by atoms with Gasteiger partial charge in [-0.25, -0.2) is 0 Å². The lowest BCUT2D eigenvalue weighted by Crippen LogP contribution is -2.48. The van der Waals surface area contributed by atoms with Gasteiger partial charge < -0.3 is 20.3 Å². The highest BCUT2D eigenvalue weighted by molar-refractivity contribution is 5.42. The minimum absolute atomic E-state index is 0.0144. The molecule has 4 nitrogen and oxygen atoms in total. The number of aliphatic hydroxyl groups is 1. The summed E-state index contributed by atoms with van der Waals surface area (Å²) in [5, 5.41) is 9.51. The predicted molar refractivity (Wildman–Crippen MR) is 110 cm³/mol. The Morgan fingerprint density at radius 1 is 0.857 bits per heavy atom. The summed E-state index contributed by atoms with van der Waals surface area (Å²) in [5.74, 6) is 2.31. The molecule has 4 heteroatoms. The second-order valence-electron chi connectivity index (χ2n) is 7.48. The van der Waals surface area contributed by atoms with Gasteiger partial charge >= 0.3 is 0 Å². The van der Waals surface area contributed by atoms with Crippen LogP contribution < -0.4 is 15.2 Å². The number of aliphatic hydroxyl groups excluding tert-OH is 1. The summed E-state index contributed by atoms with van der Waals surface area (Å²) in [6.45, 7) is 0.537. The molecule has 0 heterocycles. The number of nitrogens with two attached hydrogens (primary N) is 1. The van der Waals surface area contributed by atoms with E-state index in [1.54, 1.807) is 0 Å². The number of rotatable bonds is 6. The molecule has 0 fully saturated rings. The highest BCUT2D eigenvalue weighted by Crippen LogP contribution is 2.32. The van der Waals surface area contributed by atoms with E-state index in [1.807, 2.05) is 60.7 Å². The van der Waals surface area contributed by atoms with Crippen LogP contribution in [0.5, 0.6) is 17.2 Å². The van der Waals surface area contributed by atoms with E-state index in [-0.39, 0.29) is 6.61 Å². The van der Waals surface area contributed by atoms with E-state index in [0.717, 1.165) is 35.7 Å². The van der Waals surface area contributed by atoms with E-state index in [9.17, 15) is 5.11 Å². The van der Waals surface area contributed by atoms with Crippen molar-refractivity contribution in [1.29, 1.82) is 0 Å². The lowest BCUT2D eigenvalue weighted by atomic mass is 9.79. The van der Waals surface area contributed by atoms with Crippen LogP contribution in [0.25, 0.3) is 0 Å². The molecule has 0 radical (unpaired) electrons. The fourth-order valence-corrected chi connectivity index (χ4v) is 3.56. The maximum atomic E-state index is 9.51. The molecule has 0 aromatic heterocycles. The van der Waals surface area contributed by atoms with Gasteiger partial charge in [0, 0.05) is 11.6 Å². The molecular weight excluding hydrogens is 350 g/mol. The minimum atomic E-state index is -0.500. The topological polar surface area (TPSA) is 64.7 Å². The first-order valence-electron chi connectivity index (χ1n) is 9.60. The SMILES string of the molecule is NC1(CO)CCc2cc(Oc3cccc(OCc4ccccc4)c3)ccc2C1. The summed E-state index contributed by atoms with van der Waals surface area (Å²) in [5.41, 5.74) is 9.28. The van der Waals surface area contributed by atoms with Crippen molar-refractivity contribution >= 4 is 0 Å². The molecule has 3 aromatic carbocycles.